The molecule has 0 bridgehead atoms. The van der Waals surface area contributed by atoms with Crippen LogP contribution in [0.1, 0.15) is 29.2 Å². The first-order valence-corrected chi connectivity index (χ1v) is 9.90. The number of aryl methyl sites for hydroxylation is 2. The normalized spacial score (nSPS) is 16.9. The summed E-state index contributed by atoms with van der Waals surface area (Å²) in [6, 6.07) is 5.82. The van der Waals surface area contributed by atoms with E-state index in [0.717, 1.165) is 30.6 Å². The molecule has 10 nitrogen and oxygen atoms in total. The second-order valence-electron chi connectivity index (χ2n) is 7.53. The van der Waals surface area contributed by atoms with E-state index in [2.05, 4.69) is 25.5 Å². The molecule has 0 saturated carbocycles. The van der Waals surface area contributed by atoms with E-state index >= 15 is 0 Å². The third kappa shape index (κ3) is 3.40. The van der Waals surface area contributed by atoms with E-state index in [4.69, 9.17) is 4.52 Å². The molecular formula is C20H22N8O2. The SMILES string of the molecule is Cc1nc(N2CCCC(NC(=O)c3cnc4cc(-c5ccn(C)n5)ccn34)C2)no1. The van der Waals surface area contributed by atoms with Crippen LogP contribution in [0.5, 0.6) is 0 Å². The van der Waals surface area contributed by atoms with E-state index in [-0.39, 0.29) is 11.9 Å². The van der Waals surface area contributed by atoms with Crippen molar-refractivity contribution in [3.8, 4) is 11.3 Å². The van der Waals surface area contributed by atoms with Crippen molar-refractivity contribution < 1.29 is 9.32 Å². The molecule has 1 saturated heterocycles. The minimum Gasteiger partial charge on any atom is -0.346 e. The lowest BCUT2D eigenvalue weighted by molar-refractivity contribution is 0.0927. The predicted molar refractivity (Wildman–Crippen MR) is 109 cm³/mol. The minimum atomic E-state index is -0.149. The van der Waals surface area contributed by atoms with Crippen LogP contribution in [0.25, 0.3) is 16.9 Å². The van der Waals surface area contributed by atoms with Gasteiger partial charge >= 0.3 is 0 Å². The molecule has 1 aliphatic heterocycles. The van der Waals surface area contributed by atoms with Gasteiger partial charge in [-0.3, -0.25) is 13.9 Å². The molecule has 30 heavy (non-hydrogen) atoms. The van der Waals surface area contributed by atoms with Crippen molar-refractivity contribution in [3.63, 3.8) is 0 Å². The smallest absolute Gasteiger partial charge is 0.270 e. The highest BCUT2D eigenvalue weighted by Gasteiger charge is 2.25. The number of hydrogen-bond acceptors (Lipinski definition) is 7. The number of imidazole rings is 1. The Morgan fingerprint density at radius 2 is 2.20 bits per heavy atom. The van der Waals surface area contributed by atoms with Crippen molar-refractivity contribution in [2.24, 2.45) is 7.05 Å². The highest BCUT2D eigenvalue weighted by atomic mass is 16.5. The molecule has 4 aromatic heterocycles. The standard InChI is InChI=1S/C20H22N8O2/c1-13-22-20(25-30-13)27-7-3-4-15(12-27)23-19(29)17-11-21-18-10-14(5-9-28(17)18)16-6-8-26(2)24-16/h5-6,8-11,15H,3-4,7,12H2,1-2H3,(H,23,29). The van der Waals surface area contributed by atoms with E-state index in [0.29, 0.717) is 29.7 Å². The molecule has 1 amide bonds. The summed E-state index contributed by atoms with van der Waals surface area (Å²) in [7, 11) is 1.88. The molecule has 1 fully saturated rings. The first kappa shape index (κ1) is 18.3. The topological polar surface area (TPSA) is 106 Å². The second kappa shape index (κ2) is 7.29. The number of fused-ring (bicyclic) bond motifs is 1. The van der Waals surface area contributed by atoms with Crippen molar-refractivity contribution in [3.05, 3.63) is 48.4 Å². The van der Waals surface area contributed by atoms with Gasteiger partial charge in [-0.1, -0.05) is 0 Å². The van der Waals surface area contributed by atoms with Crippen LogP contribution in [-0.4, -0.2) is 54.3 Å². The number of aromatic nitrogens is 6. The summed E-state index contributed by atoms with van der Waals surface area (Å²) in [4.78, 5) is 23.7. The summed E-state index contributed by atoms with van der Waals surface area (Å²) in [5.41, 5.74) is 3.04. The average molecular weight is 406 g/mol. The van der Waals surface area contributed by atoms with E-state index in [1.165, 1.54) is 0 Å². The van der Waals surface area contributed by atoms with Crippen molar-refractivity contribution in [2.75, 3.05) is 18.0 Å². The minimum absolute atomic E-state index is 0.00315. The molecule has 10 heteroatoms. The number of nitrogens with one attached hydrogen (secondary N) is 1. The lowest BCUT2D eigenvalue weighted by Crippen LogP contribution is -2.48. The summed E-state index contributed by atoms with van der Waals surface area (Å²) in [5.74, 6) is 0.958. The monoisotopic (exact) mass is 406 g/mol. The number of pyridine rings is 1. The molecule has 154 valence electrons. The Labute approximate surface area is 172 Å². The van der Waals surface area contributed by atoms with Crippen LogP contribution in [0, 0.1) is 6.92 Å². The van der Waals surface area contributed by atoms with Gasteiger partial charge in [0.2, 0.25) is 5.89 Å². The summed E-state index contributed by atoms with van der Waals surface area (Å²) in [5, 5.41) is 11.5. The van der Waals surface area contributed by atoms with Gasteiger partial charge in [0, 0.05) is 51.1 Å². The molecule has 5 rings (SSSR count). The van der Waals surface area contributed by atoms with Crippen LogP contribution in [0.3, 0.4) is 0 Å². The molecule has 5 heterocycles. The zero-order valence-corrected chi connectivity index (χ0v) is 16.8. The number of hydrogen-bond donors (Lipinski definition) is 1. The van der Waals surface area contributed by atoms with Crippen LogP contribution in [0.4, 0.5) is 5.95 Å². The fourth-order valence-corrected chi connectivity index (χ4v) is 3.83. The number of piperidine rings is 1. The van der Waals surface area contributed by atoms with Gasteiger partial charge in [-0.2, -0.15) is 10.1 Å². The number of carbonyl (C=O) groups excluding carboxylic acids is 1. The molecule has 1 aliphatic rings. The van der Waals surface area contributed by atoms with Crippen LogP contribution in [0.15, 0.2) is 41.3 Å². The van der Waals surface area contributed by atoms with Gasteiger partial charge in [0.1, 0.15) is 11.3 Å². The maximum atomic E-state index is 12.9. The van der Waals surface area contributed by atoms with E-state index in [9.17, 15) is 4.79 Å². The maximum absolute atomic E-state index is 12.9. The molecule has 1 atom stereocenters. The summed E-state index contributed by atoms with van der Waals surface area (Å²) in [6.45, 7) is 3.26. The Morgan fingerprint density at radius 1 is 1.30 bits per heavy atom. The van der Waals surface area contributed by atoms with Gasteiger partial charge in [-0.05, 0) is 36.2 Å². The van der Waals surface area contributed by atoms with Gasteiger partial charge in [0.15, 0.2) is 0 Å². The van der Waals surface area contributed by atoms with Gasteiger partial charge in [-0.25, -0.2) is 4.98 Å². The van der Waals surface area contributed by atoms with Gasteiger partial charge in [0.25, 0.3) is 11.9 Å². The highest BCUT2D eigenvalue weighted by Crippen LogP contribution is 2.20. The van der Waals surface area contributed by atoms with Crippen LogP contribution in [-0.2, 0) is 7.05 Å². The van der Waals surface area contributed by atoms with Crippen LogP contribution >= 0.6 is 0 Å². The van der Waals surface area contributed by atoms with Crippen molar-refractivity contribution in [1.82, 2.24) is 34.6 Å². The lowest BCUT2D eigenvalue weighted by Gasteiger charge is -2.32. The third-order valence-corrected chi connectivity index (χ3v) is 5.31. The second-order valence-corrected chi connectivity index (χ2v) is 7.53. The Balaban J connectivity index is 1.32. The third-order valence-electron chi connectivity index (χ3n) is 5.31. The Bertz CT molecular complexity index is 1210. The van der Waals surface area contributed by atoms with Gasteiger partial charge < -0.3 is 14.7 Å². The first-order chi connectivity index (χ1) is 14.6. The van der Waals surface area contributed by atoms with Crippen molar-refractivity contribution in [1.29, 1.82) is 0 Å². The summed E-state index contributed by atoms with van der Waals surface area (Å²) < 4.78 is 8.63. The molecule has 0 radical (unpaired) electrons. The first-order valence-electron chi connectivity index (χ1n) is 9.90. The maximum Gasteiger partial charge on any atom is 0.270 e. The number of rotatable bonds is 4. The van der Waals surface area contributed by atoms with Crippen LogP contribution in [0.2, 0.25) is 0 Å². The fraction of sp³-hybridized carbons (Fsp3) is 0.350. The van der Waals surface area contributed by atoms with Crippen molar-refractivity contribution >= 4 is 17.5 Å². The zero-order chi connectivity index (χ0) is 20.7. The molecule has 1 N–H and O–H groups in total. The molecule has 1 unspecified atom stereocenters. The molecule has 0 spiro atoms. The number of anilines is 1. The van der Waals surface area contributed by atoms with Crippen molar-refractivity contribution in [2.45, 2.75) is 25.8 Å². The van der Waals surface area contributed by atoms with E-state index < -0.39 is 0 Å². The zero-order valence-electron chi connectivity index (χ0n) is 16.8. The Kier molecular flexibility index (Phi) is 4.46. The molecule has 0 aliphatic carbocycles. The number of amides is 1. The average Bonchev–Trinajstić information content (AvgIpc) is 3.47. The highest BCUT2D eigenvalue weighted by molar-refractivity contribution is 5.93. The largest absolute Gasteiger partial charge is 0.346 e. The molecular weight excluding hydrogens is 384 g/mol. The number of nitrogens with zero attached hydrogens (tertiary/aromatic N) is 7. The Hall–Kier alpha value is -3.69. The predicted octanol–water partition coefficient (Wildman–Crippen LogP) is 1.83. The fourth-order valence-electron chi connectivity index (χ4n) is 3.83. The van der Waals surface area contributed by atoms with E-state index in [1.54, 1.807) is 22.2 Å². The number of carbonyl (C=O) groups is 1. The summed E-state index contributed by atoms with van der Waals surface area (Å²) >= 11 is 0. The lowest BCUT2D eigenvalue weighted by atomic mass is 10.1. The Morgan fingerprint density at radius 3 is 2.97 bits per heavy atom. The van der Waals surface area contributed by atoms with Gasteiger partial charge in [-0.15, -0.1) is 0 Å². The van der Waals surface area contributed by atoms with E-state index in [1.807, 2.05) is 42.5 Å². The summed E-state index contributed by atoms with van der Waals surface area (Å²) in [6.07, 6.45) is 7.21. The van der Waals surface area contributed by atoms with Gasteiger partial charge in [0.05, 0.1) is 11.9 Å². The quantitative estimate of drug-likeness (QED) is 0.551. The van der Waals surface area contributed by atoms with Crippen LogP contribution < -0.4 is 10.2 Å². The molecule has 4 aromatic rings. The molecule has 0 aromatic carbocycles.